The molecule has 1 aromatic heterocycles. The van der Waals surface area contributed by atoms with Gasteiger partial charge in [0.1, 0.15) is 5.82 Å². The Hall–Kier alpha value is -1.91. The second kappa shape index (κ2) is 4.76. The summed E-state index contributed by atoms with van der Waals surface area (Å²) in [5, 5.41) is 4.35. The van der Waals surface area contributed by atoms with Crippen LogP contribution in [0.25, 0.3) is 11.4 Å². The number of hydrogen-bond acceptors (Lipinski definition) is 3. The number of nitrogens with zero attached hydrogens (tertiary/aromatic N) is 3. The zero-order valence-corrected chi connectivity index (χ0v) is 10.8. The number of aryl methyl sites for hydroxylation is 1. The molecule has 0 saturated carbocycles. The van der Waals surface area contributed by atoms with Crippen molar-refractivity contribution in [3.63, 3.8) is 0 Å². The number of benzene rings is 1. The fraction of sp³-hybridized carbons (Fsp3) is 0.385. The molecule has 0 radical (unpaired) electrons. The van der Waals surface area contributed by atoms with Crippen molar-refractivity contribution in [3.05, 3.63) is 29.8 Å². The van der Waals surface area contributed by atoms with Gasteiger partial charge in [-0.25, -0.2) is 14.1 Å². The first-order chi connectivity index (χ1) is 8.47. The van der Waals surface area contributed by atoms with Crippen molar-refractivity contribution >= 4 is 5.69 Å². The standard InChI is InChI=1S/C13H17FN4/c1-8(2)6-12-16-13(18(3)17-12)9-4-5-10(14)11(15)7-9/h4-5,7-8H,6,15H2,1-3H3. The summed E-state index contributed by atoms with van der Waals surface area (Å²) in [4.78, 5) is 4.46. The van der Waals surface area contributed by atoms with Crippen LogP contribution in [0.4, 0.5) is 10.1 Å². The Morgan fingerprint density at radius 1 is 1.39 bits per heavy atom. The first kappa shape index (κ1) is 12.5. The molecule has 0 aliphatic heterocycles. The first-order valence-corrected chi connectivity index (χ1v) is 5.92. The summed E-state index contributed by atoms with van der Waals surface area (Å²) in [7, 11) is 1.83. The van der Waals surface area contributed by atoms with Gasteiger partial charge in [-0.1, -0.05) is 13.8 Å². The Balaban J connectivity index is 2.38. The van der Waals surface area contributed by atoms with Crippen LogP contribution in [0.1, 0.15) is 19.7 Å². The average molecular weight is 248 g/mol. The smallest absolute Gasteiger partial charge is 0.158 e. The molecule has 0 aliphatic carbocycles. The molecule has 0 atom stereocenters. The molecule has 2 aromatic rings. The van der Waals surface area contributed by atoms with E-state index < -0.39 is 5.82 Å². The molecule has 5 heteroatoms. The van der Waals surface area contributed by atoms with E-state index in [0.717, 1.165) is 17.8 Å². The number of halogens is 1. The van der Waals surface area contributed by atoms with E-state index in [-0.39, 0.29) is 5.69 Å². The highest BCUT2D eigenvalue weighted by atomic mass is 19.1. The third-order valence-corrected chi connectivity index (χ3v) is 2.65. The lowest BCUT2D eigenvalue weighted by Gasteiger charge is -2.02. The molecule has 96 valence electrons. The van der Waals surface area contributed by atoms with Gasteiger partial charge in [-0.15, -0.1) is 0 Å². The summed E-state index contributed by atoms with van der Waals surface area (Å²) >= 11 is 0. The number of rotatable bonds is 3. The fourth-order valence-electron chi connectivity index (χ4n) is 1.82. The Labute approximate surface area is 106 Å². The highest BCUT2D eigenvalue weighted by Gasteiger charge is 2.11. The molecule has 0 saturated heterocycles. The molecular formula is C13H17FN4. The van der Waals surface area contributed by atoms with Crippen molar-refractivity contribution in [3.8, 4) is 11.4 Å². The quantitative estimate of drug-likeness (QED) is 0.848. The molecule has 2 rings (SSSR count). The van der Waals surface area contributed by atoms with Crippen LogP contribution in [0.5, 0.6) is 0 Å². The van der Waals surface area contributed by atoms with E-state index in [0.29, 0.717) is 11.7 Å². The Kier molecular flexibility index (Phi) is 3.32. The monoisotopic (exact) mass is 248 g/mol. The molecule has 1 aromatic carbocycles. The van der Waals surface area contributed by atoms with Crippen LogP contribution in [0, 0.1) is 11.7 Å². The number of hydrogen-bond donors (Lipinski definition) is 1. The van der Waals surface area contributed by atoms with E-state index >= 15 is 0 Å². The van der Waals surface area contributed by atoms with Gasteiger partial charge in [0.25, 0.3) is 0 Å². The number of nitrogens with two attached hydrogens (primary N) is 1. The van der Waals surface area contributed by atoms with Crippen LogP contribution >= 0.6 is 0 Å². The molecule has 0 bridgehead atoms. The van der Waals surface area contributed by atoms with Crippen molar-refractivity contribution in [1.29, 1.82) is 0 Å². The number of anilines is 1. The Bertz CT molecular complexity index is 560. The lowest BCUT2D eigenvalue weighted by Crippen LogP contribution is -1.98. The van der Waals surface area contributed by atoms with Crippen molar-refractivity contribution in [2.45, 2.75) is 20.3 Å². The van der Waals surface area contributed by atoms with Crippen LogP contribution in [-0.4, -0.2) is 14.8 Å². The zero-order valence-electron chi connectivity index (χ0n) is 10.8. The van der Waals surface area contributed by atoms with Crippen LogP contribution in [0.3, 0.4) is 0 Å². The molecule has 1 heterocycles. The van der Waals surface area contributed by atoms with E-state index in [1.54, 1.807) is 16.8 Å². The molecule has 0 aliphatic rings. The second-order valence-corrected chi connectivity index (χ2v) is 4.81. The van der Waals surface area contributed by atoms with Gasteiger partial charge in [-0.05, 0) is 24.1 Å². The molecule has 0 spiro atoms. The molecule has 4 nitrogen and oxygen atoms in total. The topological polar surface area (TPSA) is 56.7 Å². The average Bonchev–Trinajstić information content (AvgIpc) is 2.62. The molecule has 0 unspecified atom stereocenters. The minimum Gasteiger partial charge on any atom is -0.396 e. The van der Waals surface area contributed by atoms with Crippen molar-refractivity contribution in [2.24, 2.45) is 13.0 Å². The van der Waals surface area contributed by atoms with Gasteiger partial charge in [-0.3, -0.25) is 0 Å². The normalized spacial score (nSPS) is 11.2. The van der Waals surface area contributed by atoms with Crippen LogP contribution in [0.15, 0.2) is 18.2 Å². The number of aromatic nitrogens is 3. The summed E-state index contributed by atoms with van der Waals surface area (Å²) in [5.74, 6) is 1.59. The van der Waals surface area contributed by atoms with Crippen LogP contribution < -0.4 is 5.73 Å². The predicted molar refractivity (Wildman–Crippen MR) is 69.4 cm³/mol. The molecule has 0 fully saturated rings. The van der Waals surface area contributed by atoms with Crippen molar-refractivity contribution < 1.29 is 4.39 Å². The summed E-state index contributed by atoms with van der Waals surface area (Å²) in [6, 6.07) is 4.59. The van der Waals surface area contributed by atoms with Crippen LogP contribution in [0.2, 0.25) is 0 Å². The second-order valence-electron chi connectivity index (χ2n) is 4.81. The van der Waals surface area contributed by atoms with Gasteiger partial charge in [0.2, 0.25) is 0 Å². The lowest BCUT2D eigenvalue weighted by atomic mass is 10.1. The minimum atomic E-state index is -0.414. The summed E-state index contributed by atoms with van der Waals surface area (Å²) < 4.78 is 14.8. The van der Waals surface area contributed by atoms with Gasteiger partial charge >= 0.3 is 0 Å². The third-order valence-electron chi connectivity index (χ3n) is 2.65. The number of nitrogen functional groups attached to an aromatic ring is 1. The van der Waals surface area contributed by atoms with Gasteiger partial charge in [0.05, 0.1) is 5.69 Å². The summed E-state index contributed by atoms with van der Waals surface area (Å²) in [6.07, 6.45) is 0.824. The van der Waals surface area contributed by atoms with E-state index in [1.165, 1.54) is 6.07 Å². The fourth-order valence-corrected chi connectivity index (χ4v) is 1.82. The molecule has 2 N–H and O–H groups in total. The maximum Gasteiger partial charge on any atom is 0.158 e. The maximum absolute atomic E-state index is 13.1. The van der Waals surface area contributed by atoms with Gasteiger partial charge in [0.15, 0.2) is 11.6 Å². The van der Waals surface area contributed by atoms with Gasteiger partial charge < -0.3 is 5.73 Å². The summed E-state index contributed by atoms with van der Waals surface area (Å²) in [6.45, 7) is 4.23. The van der Waals surface area contributed by atoms with E-state index in [4.69, 9.17) is 5.73 Å². The largest absolute Gasteiger partial charge is 0.396 e. The zero-order chi connectivity index (χ0) is 13.3. The van der Waals surface area contributed by atoms with E-state index in [2.05, 4.69) is 23.9 Å². The van der Waals surface area contributed by atoms with Crippen LogP contribution in [-0.2, 0) is 13.5 Å². The molecule has 0 amide bonds. The Morgan fingerprint density at radius 2 is 2.11 bits per heavy atom. The maximum atomic E-state index is 13.1. The molecular weight excluding hydrogens is 231 g/mol. The van der Waals surface area contributed by atoms with Gasteiger partial charge in [0, 0.05) is 19.0 Å². The molecule has 18 heavy (non-hydrogen) atoms. The summed E-state index contributed by atoms with van der Waals surface area (Å²) in [5.41, 5.74) is 6.47. The minimum absolute atomic E-state index is 0.126. The third kappa shape index (κ3) is 2.50. The van der Waals surface area contributed by atoms with Gasteiger partial charge in [-0.2, -0.15) is 5.10 Å². The van der Waals surface area contributed by atoms with E-state index in [1.807, 2.05) is 7.05 Å². The first-order valence-electron chi connectivity index (χ1n) is 5.92. The van der Waals surface area contributed by atoms with Crippen molar-refractivity contribution in [1.82, 2.24) is 14.8 Å². The van der Waals surface area contributed by atoms with Crippen molar-refractivity contribution in [2.75, 3.05) is 5.73 Å². The highest BCUT2D eigenvalue weighted by molar-refractivity contribution is 5.61. The highest BCUT2D eigenvalue weighted by Crippen LogP contribution is 2.21. The Morgan fingerprint density at radius 3 is 2.72 bits per heavy atom. The predicted octanol–water partition coefficient (Wildman–Crippen LogP) is 2.40. The SMILES string of the molecule is CC(C)Cc1nc(-c2ccc(F)c(N)c2)n(C)n1. The lowest BCUT2D eigenvalue weighted by molar-refractivity contribution is 0.613. The van der Waals surface area contributed by atoms with E-state index in [9.17, 15) is 4.39 Å².